The van der Waals surface area contributed by atoms with Gasteiger partial charge in [-0.2, -0.15) is 0 Å². The molecular weight excluding hydrogens is 295 g/mol. The minimum Gasteiger partial charge on any atom is -0.508 e. The van der Waals surface area contributed by atoms with Crippen molar-refractivity contribution in [1.29, 1.82) is 0 Å². The molecule has 0 spiro atoms. The number of benzene rings is 1. The van der Waals surface area contributed by atoms with Gasteiger partial charge in [0.15, 0.2) is 0 Å². The number of hydrogen-bond acceptors (Lipinski definition) is 3. The Balaban J connectivity index is 3.09. The van der Waals surface area contributed by atoms with Gasteiger partial charge in [-0.05, 0) is 54.1 Å². The lowest BCUT2D eigenvalue weighted by atomic mass is 10.1. The van der Waals surface area contributed by atoms with E-state index in [0.717, 1.165) is 9.13 Å². The summed E-state index contributed by atoms with van der Waals surface area (Å²) < 4.78 is 5.64. The average molecular weight is 306 g/mol. The Morgan fingerprint density at radius 1 is 1.57 bits per heavy atom. The van der Waals surface area contributed by atoms with Gasteiger partial charge in [-0.25, -0.2) is 4.79 Å². The Hall–Kier alpha value is -0.780. The molecule has 0 aliphatic heterocycles. The maximum absolute atomic E-state index is 11.4. The normalized spacial score (nSPS) is 9.93. The van der Waals surface area contributed by atoms with Crippen LogP contribution in [0.2, 0.25) is 0 Å². The van der Waals surface area contributed by atoms with E-state index in [9.17, 15) is 9.90 Å². The van der Waals surface area contributed by atoms with Gasteiger partial charge in [0.25, 0.3) is 0 Å². The minimum atomic E-state index is -0.396. The van der Waals surface area contributed by atoms with E-state index in [1.54, 1.807) is 19.9 Å². The number of hydrogen-bond donors (Lipinski definition) is 1. The summed E-state index contributed by atoms with van der Waals surface area (Å²) in [5, 5.41) is 9.43. The summed E-state index contributed by atoms with van der Waals surface area (Å²) >= 11 is 2.05. The molecule has 0 radical (unpaired) electrons. The number of rotatable bonds is 2. The zero-order valence-corrected chi connectivity index (χ0v) is 10.2. The van der Waals surface area contributed by atoms with E-state index in [4.69, 9.17) is 4.74 Å². The molecule has 76 valence electrons. The molecule has 0 atom stereocenters. The largest absolute Gasteiger partial charge is 0.508 e. The Morgan fingerprint density at radius 2 is 2.21 bits per heavy atom. The Bertz CT molecular complexity index is 361. The van der Waals surface area contributed by atoms with Crippen LogP contribution in [0.5, 0.6) is 5.75 Å². The standard InChI is InChI=1S/C10H11IO3/c1-3-14-10(13)7-5-9(12)6(2)4-8(7)11/h4-5,12H,3H2,1-2H3. The lowest BCUT2D eigenvalue weighted by molar-refractivity contribution is 0.0524. The van der Waals surface area contributed by atoms with Crippen molar-refractivity contribution in [3.05, 3.63) is 26.8 Å². The predicted molar refractivity (Wildman–Crippen MR) is 61.5 cm³/mol. The SMILES string of the molecule is CCOC(=O)c1cc(O)c(C)cc1I. The summed E-state index contributed by atoms with van der Waals surface area (Å²) in [7, 11) is 0. The maximum Gasteiger partial charge on any atom is 0.339 e. The summed E-state index contributed by atoms with van der Waals surface area (Å²) in [6, 6.07) is 3.19. The zero-order valence-electron chi connectivity index (χ0n) is 8.00. The van der Waals surface area contributed by atoms with Crippen molar-refractivity contribution in [2.75, 3.05) is 6.61 Å². The van der Waals surface area contributed by atoms with Crippen molar-refractivity contribution in [2.24, 2.45) is 0 Å². The van der Waals surface area contributed by atoms with E-state index in [1.165, 1.54) is 6.07 Å². The van der Waals surface area contributed by atoms with Crippen LogP contribution in [0.25, 0.3) is 0 Å². The smallest absolute Gasteiger partial charge is 0.339 e. The first kappa shape index (κ1) is 11.3. The number of halogens is 1. The predicted octanol–water partition coefficient (Wildman–Crippen LogP) is 2.48. The summed E-state index contributed by atoms with van der Waals surface area (Å²) in [5.41, 5.74) is 1.16. The fourth-order valence-corrected chi connectivity index (χ4v) is 1.87. The second kappa shape index (κ2) is 4.63. The van der Waals surface area contributed by atoms with Crippen LogP contribution in [-0.4, -0.2) is 17.7 Å². The summed E-state index contributed by atoms with van der Waals surface area (Å²) in [6.45, 7) is 3.87. The number of ether oxygens (including phenoxy) is 1. The molecule has 1 aromatic carbocycles. The first-order valence-electron chi connectivity index (χ1n) is 4.22. The van der Waals surface area contributed by atoms with Crippen LogP contribution in [0, 0.1) is 10.5 Å². The third-order valence-corrected chi connectivity index (χ3v) is 2.67. The van der Waals surface area contributed by atoms with E-state index < -0.39 is 5.97 Å². The van der Waals surface area contributed by atoms with Gasteiger partial charge < -0.3 is 9.84 Å². The van der Waals surface area contributed by atoms with Gasteiger partial charge >= 0.3 is 5.97 Å². The molecule has 1 N–H and O–H groups in total. The zero-order chi connectivity index (χ0) is 10.7. The molecule has 0 bridgehead atoms. The summed E-state index contributed by atoms with van der Waals surface area (Å²) in [6.07, 6.45) is 0. The van der Waals surface area contributed by atoms with E-state index in [2.05, 4.69) is 0 Å². The first-order valence-corrected chi connectivity index (χ1v) is 5.30. The minimum absolute atomic E-state index is 0.119. The lowest BCUT2D eigenvalue weighted by Gasteiger charge is -2.06. The third kappa shape index (κ3) is 2.37. The number of carbonyl (C=O) groups is 1. The lowest BCUT2D eigenvalue weighted by Crippen LogP contribution is -2.06. The molecule has 4 heteroatoms. The van der Waals surface area contributed by atoms with Crippen LogP contribution in [-0.2, 0) is 4.74 Å². The van der Waals surface area contributed by atoms with E-state index in [0.29, 0.717) is 12.2 Å². The van der Waals surface area contributed by atoms with E-state index in [-0.39, 0.29) is 5.75 Å². The van der Waals surface area contributed by atoms with Crippen molar-refractivity contribution < 1.29 is 14.6 Å². The topological polar surface area (TPSA) is 46.5 Å². The summed E-state index contributed by atoms with van der Waals surface area (Å²) in [5.74, 6) is -0.277. The highest BCUT2D eigenvalue weighted by atomic mass is 127. The molecule has 0 saturated carbocycles. The maximum atomic E-state index is 11.4. The number of esters is 1. The summed E-state index contributed by atoms with van der Waals surface area (Å²) in [4.78, 5) is 11.4. The fourth-order valence-electron chi connectivity index (χ4n) is 1.03. The van der Waals surface area contributed by atoms with Gasteiger partial charge in [0.05, 0.1) is 12.2 Å². The number of carbonyl (C=O) groups excluding carboxylic acids is 1. The highest BCUT2D eigenvalue weighted by Gasteiger charge is 2.13. The van der Waals surface area contributed by atoms with Crippen molar-refractivity contribution in [3.63, 3.8) is 0 Å². The number of phenolic OH excluding ortho intramolecular Hbond substituents is 1. The third-order valence-electron chi connectivity index (χ3n) is 1.78. The van der Waals surface area contributed by atoms with E-state index in [1.807, 2.05) is 22.6 Å². The molecule has 14 heavy (non-hydrogen) atoms. The molecule has 0 aromatic heterocycles. The molecule has 0 unspecified atom stereocenters. The molecule has 0 fully saturated rings. The van der Waals surface area contributed by atoms with Crippen LogP contribution >= 0.6 is 22.6 Å². The number of aromatic hydroxyl groups is 1. The molecule has 0 saturated heterocycles. The van der Waals surface area contributed by atoms with Crippen LogP contribution in [0.1, 0.15) is 22.8 Å². The quantitative estimate of drug-likeness (QED) is 0.674. The Labute approximate surface area is 96.2 Å². The fraction of sp³-hybridized carbons (Fsp3) is 0.300. The highest BCUT2D eigenvalue weighted by Crippen LogP contribution is 2.23. The van der Waals surface area contributed by atoms with Crippen molar-refractivity contribution in [2.45, 2.75) is 13.8 Å². The van der Waals surface area contributed by atoms with Crippen LogP contribution in [0.3, 0.4) is 0 Å². The van der Waals surface area contributed by atoms with Crippen LogP contribution in [0.4, 0.5) is 0 Å². The average Bonchev–Trinajstić information content (AvgIpc) is 2.11. The molecule has 1 rings (SSSR count). The Morgan fingerprint density at radius 3 is 2.79 bits per heavy atom. The van der Waals surface area contributed by atoms with Gasteiger partial charge in [-0.1, -0.05) is 0 Å². The van der Waals surface area contributed by atoms with Gasteiger partial charge in [0.2, 0.25) is 0 Å². The monoisotopic (exact) mass is 306 g/mol. The Kier molecular flexibility index (Phi) is 3.74. The van der Waals surface area contributed by atoms with Crippen molar-refractivity contribution in [3.8, 4) is 5.75 Å². The second-order valence-corrected chi connectivity index (χ2v) is 4.00. The molecule has 3 nitrogen and oxygen atoms in total. The first-order chi connectivity index (χ1) is 6.56. The van der Waals surface area contributed by atoms with Crippen molar-refractivity contribution in [1.82, 2.24) is 0 Å². The molecular formula is C10H11IO3. The molecule has 1 aromatic rings. The molecule has 0 heterocycles. The van der Waals surface area contributed by atoms with Gasteiger partial charge in [-0.3, -0.25) is 0 Å². The van der Waals surface area contributed by atoms with Crippen LogP contribution < -0.4 is 0 Å². The van der Waals surface area contributed by atoms with Gasteiger partial charge in [0, 0.05) is 3.57 Å². The molecule has 0 aliphatic rings. The molecule has 0 aliphatic carbocycles. The van der Waals surface area contributed by atoms with Crippen molar-refractivity contribution >= 4 is 28.6 Å². The molecule has 0 amide bonds. The van der Waals surface area contributed by atoms with E-state index >= 15 is 0 Å². The number of phenols is 1. The number of aryl methyl sites for hydroxylation is 1. The second-order valence-electron chi connectivity index (χ2n) is 2.84. The highest BCUT2D eigenvalue weighted by molar-refractivity contribution is 14.1. The van der Waals surface area contributed by atoms with Gasteiger partial charge in [0.1, 0.15) is 5.75 Å². The van der Waals surface area contributed by atoms with Crippen LogP contribution in [0.15, 0.2) is 12.1 Å². The van der Waals surface area contributed by atoms with Gasteiger partial charge in [-0.15, -0.1) is 0 Å².